The van der Waals surface area contributed by atoms with Gasteiger partial charge in [0.15, 0.2) is 0 Å². The van der Waals surface area contributed by atoms with E-state index in [0.29, 0.717) is 0 Å². The van der Waals surface area contributed by atoms with Crippen LogP contribution in [0, 0.1) is 6.92 Å². The number of nitrogens with zero attached hydrogens (tertiary/aromatic N) is 1. The van der Waals surface area contributed by atoms with Crippen LogP contribution in [0.15, 0.2) is 36.5 Å². The van der Waals surface area contributed by atoms with Crippen LogP contribution in [-0.2, 0) is 5.41 Å². The first kappa shape index (κ1) is 16.3. The number of aromatic nitrogens is 1. The van der Waals surface area contributed by atoms with Crippen molar-refractivity contribution in [2.75, 3.05) is 0 Å². The molecule has 2 aromatic rings. The SMILES string of the molecule is Cc1cc(-c2cccc(C(C)(C)C)c2)nc[c]1[Ge]([CH3])([CH3])[CH3]. The number of benzene rings is 1. The van der Waals surface area contributed by atoms with Crippen LogP contribution < -0.4 is 4.40 Å². The summed E-state index contributed by atoms with van der Waals surface area (Å²) < 4.78 is 1.51. The second-order valence-corrected chi connectivity index (χ2v) is 18.5. The van der Waals surface area contributed by atoms with Gasteiger partial charge in [-0.25, -0.2) is 0 Å². The third kappa shape index (κ3) is 3.76. The normalized spacial score (nSPS) is 12.5. The summed E-state index contributed by atoms with van der Waals surface area (Å²) in [5, 5.41) is 0. The molecule has 0 aliphatic heterocycles. The molecule has 1 heterocycles. The number of pyridine rings is 1. The number of hydrogen-bond donors (Lipinski definition) is 0. The fraction of sp³-hybridized carbons (Fsp3) is 0.421. The number of rotatable bonds is 2. The molecule has 0 fully saturated rings. The zero-order valence-electron chi connectivity index (χ0n) is 14.4. The predicted molar refractivity (Wildman–Crippen MR) is 96.1 cm³/mol. The van der Waals surface area contributed by atoms with Crippen LogP contribution in [0.2, 0.25) is 17.3 Å². The summed E-state index contributed by atoms with van der Waals surface area (Å²) in [5.74, 6) is 7.26. The minimum atomic E-state index is -1.81. The van der Waals surface area contributed by atoms with Gasteiger partial charge in [0, 0.05) is 0 Å². The van der Waals surface area contributed by atoms with Gasteiger partial charge in [0.1, 0.15) is 0 Å². The number of hydrogen-bond acceptors (Lipinski definition) is 1. The van der Waals surface area contributed by atoms with Crippen LogP contribution in [0.25, 0.3) is 11.3 Å². The van der Waals surface area contributed by atoms with Crippen LogP contribution in [0.3, 0.4) is 0 Å². The van der Waals surface area contributed by atoms with Crippen LogP contribution in [0.5, 0.6) is 0 Å². The van der Waals surface area contributed by atoms with Gasteiger partial charge in [0.2, 0.25) is 0 Å². The Hall–Kier alpha value is -1.09. The summed E-state index contributed by atoms with van der Waals surface area (Å²) >= 11 is -1.81. The third-order valence-electron chi connectivity index (χ3n) is 3.94. The van der Waals surface area contributed by atoms with Gasteiger partial charge in [-0.15, -0.1) is 0 Å². The summed E-state index contributed by atoms with van der Waals surface area (Å²) in [6.45, 7) is 8.98. The molecule has 1 aromatic heterocycles. The summed E-state index contributed by atoms with van der Waals surface area (Å²) in [7, 11) is 0. The Kier molecular flexibility index (Phi) is 4.34. The maximum atomic E-state index is 4.75. The van der Waals surface area contributed by atoms with Crippen molar-refractivity contribution < 1.29 is 0 Å². The Morgan fingerprint density at radius 3 is 2.19 bits per heavy atom. The second kappa shape index (κ2) is 5.60. The Balaban J connectivity index is 2.47. The van der Waals surface area contributed by atoms with Gasteiger partial charge >= 0.3 is 132 Å². The molecule has 0 spiro atoms. The molecule has 112 valence electrons. The van der Waals surface area contributed by atoms with Crippen molar-refractivity contribution in [3.8, 4) is 11.3 Å². The van der Waals surface area contributed by atoms with Crippen molar-refractivity contribution in [1.29, 1.82) is 0 Å². The first-order valence-corrected chi connectivity index (χ1v) is 15.0. The average molecular weight is 342 g/mol. The Labute approximate surface area is 132 Å². The van der Waals surface area contributed by atoms with Crippen LogP contribution in [0.1, 0.15) is 31.9 Å². The molecule has 0 radical (unpaired) electrons. The monoisotopic (exact) mass is 343 g/mol. The van der Waals surface area contributed by atoms with Gasteiger partial charge in [0.25, 0.3) is 0 Å². The van der Waals surface area contributed by atoms with E-state index in [1.54, 1.807) is 0 Å². The van der Waals surface area contributed by atoms with Crippen molar-refractivity contribution in [2.24, 2.45) is 0 Å². The summed E-state index contributed by atoms with van der Waals surface area (Å²) in [6, 6.07) is 11.0. The minimum absolute atomic E-state index is 0.172. The van der Waals surface area contributed by atoms with E-state index in [-0.39, 0.29) is 5.41 Å². The predicted octanol–water partition coefficient (Wildman–Crippen LogP) is 4.90. The summed E-state index contributed by atoms with van der Waals surface area (Å²) in [4.78, 5) is 4.75. The molecule has 0 aliphatic carbocycles. The van der Waals surface area contributed by atoms with Gasteiger partial charge in [0.05, 0.1) is 0 Å². The van der Waals surface area contributed by atoms with E-state index >= 15 is 0 Å². The molecule has 0 bridgehead atoms. The number of aryl methyl sites for hydroxylation is 1. The third-order valence-corrected chi connectivity index (χ3v) is 8.43. The topological polar surface area (TPSA) is 12.9 Å². The average Bonchev–Trinajstić information content (AvgIpc) is 2.36. The van der Waals surface area contributed by atoms with Crippen molar-refractivity contribution in [3.63, 3.8) is 0 Å². The van der Waals surface area contributed by atoms with Crippen LogP contribution in [0.4, 0.5) is 0 Å². The standard InChI is InChI=1S/C19H27GeN/c1-14-11-18(21-13-17(14)20(5,6)7)15-9-8-10-16(12-15)19(2,3)4/h8-13H,1-7H3. The molecule has 0 N–H and O–H groups in total. The molecule has 0 aliphatic rings. The Bertz CT molecular complexity index is 645. The van der Waals surface area contributed by atoms with E-state index < -0.39 is 13.3 Å². The fourth-order valence-corrected chi connectivity index (χ4v) is 6.23. The molecule has 1 aromatic carbocycles. The van der Waals surface area contributed by atoms with E-state index in [1.165, 1.54) is 21.1 Å². The molecule has 2 heteroatoms. The summed E-state index contributed by atoms with van der Waals surface area (Å²) in [5.41, 5.74) is 5.24. The van der Waals surface area contributed by atoms with E-state index in [0.717, 1.165) is 5.69 Å². The van der Waals surface area contributed by atoms with Gasteiger partial charge < -0.3 is 0 Å². The molecule has 0 atom stereocenters. The van der Waals surface area contributed by atoms with E-state index in [2.05, 4.69) is 81.5 Å². The summed E-state index contributed by atoms with van der Waals surface area (Å²) in [6.07, 6.45) is 2.12. The molecular weight excluding hydrogens is 315 g/mol. The Morgan fingerprint density at radius 1 is 1.00 bits per heavy atom. The molecule has 0 saturated carbocycles. The maximum absolute atomic E-state index is 4.75. The van der Waals surface area contributed by atoms with E-state index in [1.807, 2.05) is 0 Å². The van der Waals surface area contributed by atoms with Gasteiger partial charge in [-0.2, -0.15) is 0 Å². The van der Waals surface area contributed by atoms with E-state index in [9.17, 15) is 0 Å². The first-order valence-electron chi connectivity index (χ1n) is 7.67. The second-order valence-electron chi connectivity index (χ2n) is 7.97. The molecule has 21 heavy (non-hydrogen) atoms. The first-order chi connectivity index (χ1) is 9.59. The van der Waals surface area contributed by atoms with Gasteiger partial charge in [-0.05, 0) is 0 Å². The fourth-order valence-electron chi connectivity index (χ4n) is 2.64. The molecular formula is C19H27GeN. The Morgan fingerprint density at radius 2 is 1.67 bits per heavy atom. The van der Waals surface area contributed by atoms with Crippen molar-refractivity contribution in [1.82, 2.24) is 4.98 Å². The zero-order valence-corrected chi connectivity index (χ0v) is 16.5. The zero-order chi connectivity index (χ0) is 15.8. The quantitative estimate of drug-likeness (QED) is 0.708. The van der Waals surface area contributed by atoms with Crippen molar-refractivity contribution >= 4 is 17.7 Å². The van der Waals surface area contributed by atoms with Crippen LogP contribution in [-0.4, -0.2) is 18.3 Å². The molecule has 1 nitrogen and oxygen atoms in total. The molecule has 0 unspecified atom stereocenters. The molecule has 0 saturated heterocycles. The van der Waals surface area contributed by atoms with Gasteiger partial charge in [-0.3, -0.25) is 0 Å². The molecule has 2 rings (SSSR count). The van der Waals surface area contributed by atoms with Crippen molar-refractivity contribution in [3.05, 3.63) is 47.7 Å². The molecule has 0 amide bonds. The van der Waals surface area contributed by atoms with Crippen molar-refractivity contribution in [2.45, 2.75) is 50.4 Å². The van der Waals surface area contributed by atoms with E-state index in [4.69, 9.17) is 4.98 Å². The van der Waals surface area contributed by atoms with Crippen LogP contribution >= 0.6 is 0 Å². The van der Waals surface area contributed by atoms with Gasteiger partial charge in [-0.1, -0.05) is 0 Å².